The number of anilines is 2. The van der Waals surface area contributed by atoms with E-state index in [2.05, 4.69) is 20.7 Å². The van der Waals surface area contributed by atoms with Gasteiger partial charge < -0.3 is 29.8 Å². The Labute approximate surface area is 176 Å². The summed E-state index contributed by atoms with van der Waals surface area (Å²) in [6.07, 6.45) is 1.51. The molecule has 3 aromatic rings. The molecule has 2 aromatic carbocycles. The van der Waals surface area contributed by atoms with Crippen molar-refractivity contribution in [3.8, 4) is 11.5 Å². The Morgan fingerprint density at radius 1 is 1.00 bits per heavy atom. The van der Waals surface area contributed by atoms with E-state index >= 15 is 0 Å². The lowest BCUT2D eigenvalue weighted by Crippen LogP contribution is -2.27. The van der Waals surface area contributed by atoms with Crippen molar-refractivity contribution in [1.29, 1.82) is 0 Å². The van der Waals surface area contributed by atoms with Gasteiger partial charge in [0.1, 0.15) is 5.76 Å². The van der Waals surface area contributed by atoms with Crippen molar-refractivity contribution in [3.05, 3.63) is 72.2 Å². The highest BCUT2D eigenvalue weighted by Crippen LogP contribution is 2.29. The second-order valence-corrected chi connectivity index (χ2v) is 6.16. The van der Waals surface area contributed by atoms with Gasteiger partial charge in [-0.2, -0.15) is 8.78 Å². The first-order valence-corrected chi connectivity index (χ1v) is 9.06. The summed E-state index contributed by atoms with van der Waals surface area (Å²) in [6.45, 7) is -2.81. The molecule has 1 aromatic heterocycles. The van der Waals surface area contributed by atoms with E-state index < -0.39 is 18.5 Å². The fourth-order valence-corrected chi connectivity index (χ4v) is 2.60. The van der Waals surface area contributed by atoms with E-state index in [0.29, 0.717) is 17.1 Å². The number of urea groups is 1. The van der Waals surface area contributed by atoms with Crippen molar-refractivity contribution in [2.24, 2.45) is 0 Å². The minimum atomic E-state index is -3.05. The maximum atomic E-state index is 12.5. The number of halogens is 2. The molecule has 3 rings (SSSR count). The minimum Gasteiger partial charge on any atom is -0.493 e. The van der Waals surface area contributed by atoms with Crippen LogP contribution in [0.15, 0.2) is 65.3 Å². The predicted octanol–water partition coefficient (Wildman–Crippen LogP) is 4.46. The van der Waals surface area contributed by atoms with Gasteiger partial charge in [0.05, 0.1) is 19.9 Å². The number of alkyl halides is 2. The van der Waals surface area contributed by atoms with Gasteiger partial charge in [0.2, 0.25) is 0 Å². The molecule has 162 valence electrons. The summed E-state index contributed by atoms with van der Waals surface area (Å²) in [6, 6.07) is 13.4. The molecule has 0 aliphatic rings. The molecule has 0 spiro atoms. The fourth-order valence-electron chi connectivity index (χ4n) is 2.60. The van der Waals surface area contributed by atoms with Crippen molar-refractivity contribution < 1.29 is 32.3 Å². The monoisotopic (exact) mass is 431 g/mol. The number of hydrogen-bond donors (Lipinski definition) is 3. The van der Waals surface area contributed by atoms with Gasteiger partial charge in [0, 0.05) is 16.9 Å². The van der Waals surface area contributed by atoms with E-state index in [9.17, 15) is 18.4 Å². The van der Waals surface area contributed by atoms with E-state index in [-0.39, 0.29) is 23.6 Å². The average molecular weight is 431 g/mol. The quantitative estimate of drug-likeness (QED) is 0.489. The van der Waals surface area contributed by atoms with Crippen LogP contribution < -0.4 is 25.4 Å². The summed E-state index contributed by atoms with van der Waals surface area (Å²) >= 11 is 0. The van der Waals surface area contributed by atoms with Gasteiger partial charge in [0.15, 0.2) is 11.5 Å². The molecule has 0 fully saturated rings. The SMILES string of the molecule is COc1ccc(C(=O)Nc2ccc(NC(=O)NCc3ccco3)cc2)cc1OC(F)F. The molecule has 0 saturated heterocycles. The zero-order valence-corrected chi connectivity index (χ0v) is 16.4. The van der Waals surface area contributed by atoms with Gasteiger partial charge in [-0.3, -0.25) is 4.79 Å². The van der Waals surface area contributed by atoms with E-state index in [1.165, 1.54) is 31.6 Å². The number of hydrogen-bond acceptors (Lipinski definition) is 5. The molecule has 31 heavy (non-hydrogen) atoms. The van der Waals surface area contributed by atoms with Crippen molar-refractivity contribution in [2.75, 3.05) is 17.7 Å². The number of carbonyl (C=O) groups excluding carboxylic acids is 2. The summed E-state index contributed by atoms with van der Waals surface area (Å²) in [5, 5.41) is 7.93. The van der Waals surface area contributed by atoms with Crippen LogP contribution in [-0.2, 0) is 6.54 Å². The van der Waals surface area contributed by atoms with Crippen LogP contribution in [0.1, 0.15) is 16.1 Å². The molecular formula is C21H19F2N3O5. The molecule has 0 aliphatic carbocycles. The molecule has 10 heteroatoms. The van der Waals surface area contributed by atoms with Gasteiger partial charge in [-0.1, -0.05) is 0 Å². The lowest BCUT2D eigenvalue weighted by molar-refractivity contribution is -0.0512. The zero-order chi connectivity index (χ0) is 22.2. The van der Waals surface area contributed by atoms with Crippen molar-refractivity contribution in [3.63, 3.8) is 0 Å². The molecule has 0 aliphatic heterocycles. The molecule has 0 atom stereocenters. The first-order valence-electron chi connectivity index (χ1n) is 9.06. The average Bonchev–Trinajstić information content (AvgIpc) is 3.27. The highest BCUT2D eigenvalue weighted by molar-refractivity contribution is 6.04. The Morgan fingerprint density at radius 2 is 1.71 bits per heavy atom. The first-order chi connectivity index (χ1) is 14.9. The van der Waals surface area contributed by atoms with E-state index in [1.54, 1.807) is 36.4 Å². The molecule has 3 amide bonds. The van der Waals surface area contributed by atoms with Gasteiger partial charge in [-0.25, -0.2) is 4.79 Å². The number of amides is 3. The smallest absolute Gasteiger partial charge is 0.387 e. The third-order valence-corrected chi connectivity index (χ3v) is 4.05. The maximum absolute atomic E-state index is 12.5. The number of furan rings is 1. The second kappa shape index (κ2) is 10.1. The van der Waals surface area contributed by atoms with Crippen LogP contribution in [0.5, 0.6) is 11.5 Å². The summed E-state index contributed by atoms with van der Waals surface area (Å²) in [7, 11) is 1.31. The van der Waals surface area contributed by atoms with Crippen LogP contribution >= 0.6 is 0 Å². The van der Waals surface area contributed by atoms with Gasteiger partial charge in [-0.05, 0) is 54.6 Å². The molecule has 0 unspecified atom stereocenters. The van der Waals surface area contributed by atoms with Crippen LogP contribution in [0.2, 0.25) is 0 Å². The number of benzene rings is 2. The van der Waals surface area contributed by atoms with Crippen LogP contribution in [0.4, 0.5) is 25.0 Å². The van der Waals surface area contributed by atoms with Crippen LogP contribution in [-0.4, -0.2) is 25.7 Å². The number of nitrogens with one attached hydrogen (secondary N) is 3. The Balaban J connectivity index is 1.57. The predicted molar refractivity (Wildman–Crippen MR) is 109 cm³/mol. The molecule has 3 N–H and O–H groups in total. The van der Waals surface area contributed by atoms with Gasteiger partial charge in [0.25, 0.3) is 5.91 Å². The largest absolute Gasteiger partial charge is 0.493 e. The third kappa shape index (κ3) is 6.20. The second-order valence-electron chi connectivity index (χ2n) is 6.16. The number of rotatable bonds is 8. The van der Waals surface area contributed by atoms with E-state index in [1.807, 2.05) is 0 Å². The number of methoxy groups -OCH3 is 1. The number of carbonyl (C=O) groups is 2. The standard InChI is InChI=1S/C21H19F2N3O5/c1-29-17-9-4-13(11-18(17)31-20(22)23)19(27)25-14-5-7-15(8-6-14)26-21(28)24-12-16-3-2-10-30-16/h2-11,20H,12H2,1H3,(H,25,27)(H2,24,26,28). The topological polar surface area (TPSA) is 102 Å². The molecule has 0 radical (unpaired) electrons. The minimum absolute atomic E-state index is 0.0811. The maximum Gasteiger partial charge on any atom is 0.387 e. The van der Waals surface area contributed by atoms with Crippen molar-refractivity contribution in [1.82, 2.24) is 5.32 Å². The Morgan fingerprint density at radius 3 is 2.32 bits per heavy atom. The Hall–Kier alpha value is -4.08. The Kier molecular flexibility index (Phi) is 7.05. The van der Waals surface area contributed by atoms with Crippen LogP contribution in [0.3, 0.4) is 0 Å². The summed E-state index contributed by atoms with van der Waals surface area (Å²) in [4.78, 5) is 24.3. The lowest BCUT2D eigenvalue weighted by atomic mass is 10.1. The first kappa shape index (κ1) is 21.6. The van der Waals surface area contributed by atoms with Crippen molar-refractivity contribution in [2.45, 2.75) is 13.2 Å². The summed E-state index contributed by atoms with van der Waals surface area (Å²) < 4.78 is 39.6. The Bertz CT molecular complexity index is 1020. The highest BCUT2D eigenvalue weighted by atomic mass is 19.3. The summed E-state index contributed by atoms with van der Waals surface area (Å²) in [5.74, 6) is -0.0737. The van der Waals surface area contributed by atoms with Crippen LogP contribution in [0.25, 0.3) is 0 Å². The molecule has 0 bridgehead atoms. The normalized spacial score (nSPS) is 10.5. The van der Waals surface area contributed by atoms with Crippen molar-refractivity contribution >= 4 is 23.3 Å². The fraction of sp³-hybridized carbons (Fsp3) is 0.143. The molecular weight excluding hydrogens is 412 g/mol. The van der Waals surface area contributed by atoms with E-state index in [4.69, 9.17) is 9.15 Å². The van der Waals surface area contributed by atoms with Gasteiger partial charge in [-0.15, -0.1) is 0 Å². The lowest BCUT2D eigenvalue weighted by Gasteiger charge is -2.12. The van der Waals surface area contributed by atoms with E-state index in [0.717, 1.165) is 0 Å². The highest BCUT2D eigenvalue weighted by Gasteiger charge is 2.15. The summed E-state index contributed by atoms with van der Waals surface area (Å²) in [5.41, 5.74) is 1.06. The molecule has 0 saturated carbocycles. The molecule has 8 nitrogen and oxygen atoms in total. The molecule has 1 heterocycles. The zero-order valence-electron chi connectivity index (χ0n) is 16.4. The third-order valence-electron chi connectivity index (χ3n) is 4.05. The number of ether oxygens (including phenoxy) is 2. The van der Waals surface area contributed by atoms with Gasteiger partial charge >= 0.3 is 12.6 Å². The van der Waals surface area contributed by atoms with Crippen LogP contribution in [0, 0.1) is 0 Å².